The van der Waals surface area contributed by atoms with Crippen molar-refractivity contribution in [1.29, 1.82) is 0 Å². The Bertz CT molecular complexity index is 819. The molecular weight excluding hydrogens is 341 g/mol. The van der Waals surface area contributed by atoms with E-state index >= 15 is 0 Å². The number of benzene rings is 1. The summed E-state index contributed by atoms with van der Waals surface area (Å²) in [5.41, 5.74) is 3.18. The summed E-state index contributed by atoms with van der Waals surface area (Å²) < 4.78 is 15.9. The Morgan fingerprint density at radius 2 is 2.16 bits per heavy atom. The number of hydrogen-bond donors (Lipinski definition) is 0. The largest absolute Gasteiger partial charge is 0.332 e. The fraction of sp³-hybridized carbons (Fsp3) is 0.368. The molecular formula is C19H21ClFN3O. The number of carbonyl (C=O) groups is 1. The molecule has 132 valence electrons. The van der Waals surface area contributed by atoms with Crippen LogP contribution in [0.1, 0.15) is 35.4 Å². The van der Waals surface area contributed by atoms with Crippen LogP contribution in [0.4, 0.5) is 4.39 Å². The molecule has 3 rings (SSSR count). The van der Waals surface area contributed by atoms with Gasteiger partial charge in [0.15, 0.2) is 0 Å². The Morgan fingerprint density at radius 1 is 1.44 bits per heavy atom. The molecule has 0 atom stereocenters. The summed E-state index contributed by atoms with van der Waals surface area (Å²) in [5, 5.41) is 4.69. The summed E-state index contributed by atoms with van der Waals surface area (Å²) in [6, 6.07) is 4.74. The maximum atomic E-state index is 14.1. The van der Waals surface area contributed by atoms with Gasteiger partial charge in [-0.1, -0.05) is 17.7 Å². The molecule has 1 heterocycles. The second-order valence-electron chi connectivity index (χ2n) is 6.44. The average molecular weight is 362 g/mol. The zero-order valence-electron chi connectivity index (χ0n) is 14.6. The number of halogens is 2. The normalized spacial score (nSPS) is 14.3. The van der Waals surface area contributed by atoms with Gasteiger partial charge in [-0.25, -0.2) is 4.39 Å². The lowest BCUT2D eigenvalue weighted by molar-refractivity contribution is -0.127. The molecule has 0 unspecified atom stereocenters. The molecule has 1 aliphatic carbocycles. The van der Waals surface area contributed by atoms with Crippen LogP contribution in [0.25, 0.3) is 6.08 Å². The van der Waals surface area contributed by atoms with Gasteiger partial charge in [-0.3, -0.25) is 9.48 Å². The van der Waals surface area contributed by atoms with Crippen LogP contribution in [0.15, 0.2) is 24.3 Å². The predicted molar refractivity (Wildman–Crippen MR) is 96.7 cm³/mol. The highest BCUT2D eigenvalue weighted by atomic mass is 35.5. The summed E-state index contributed by atoms with van der Waals surface area (Å²) in [6.45, 7) is 4.06. The lowest BCUT2D eigenvalue weighted by Crippen LogP contribution is -2.31. The number of aromatic nitrogens is 2. The Kier molecular flexibility index (Phi) is 4.95. The minimum absolute atomic E-state index is 0.135. The van der Waals surface area contributed by atoms with E-state index in [9.17, 15) is 9.18 Å². The molecule has 0 spiro atoms. The highest BCUT2D eigenvalue weighted by Gasteiger charge is 2.32. The molecule has 25 heavy (non-hydrogen) atoms. The molecule has 1 amide bonds. The SMILES string of the molecule is Cc1nn(C)c(C)c1C=CC(=O)N(Cc1c(F)cccc1Cl)C1CC1. The Morgan fingerprint density at radius 3 is 2.72 bits per heavy atom. The van der Waals surface area contributed by atoms with Gasteiger partial charge in [-0.2, -0.15) is 5.10 Å². The number of nitrogens with zero attached hydrogens (tertiary/aromatic N) is 3. The molecule has 0 radical (unpaired) electrons. The molecule has 0 aliphatic heterocycles. The molecule has 0 bridgehead atoms. The summed E-state index contributed by atoms with van der Waals surface area (Å²) in [5.74, 6) is -0.515. The summed E-state index contributed by atoms with van der Waals surface area (Å²) >= 11 is 6.11. The first-order valence-corrected chi connectivity index (χ1v) is 8.68. The fourth-order valence-corrected chi connectivity index (χ4v) is 3.13. The van der Waals surface area contributed by atoms with E-state index < -0.39 is 0 Å². The van der Waals surface area contributed by atoms with Crippen molar-refractivity contribution >= 4 is 23.6 Å². The van der Waals surface area contributed by atoms with Gasteiger partial charge in [0.05, 0.1) is 12.2 Å². The maximum Gasteiger partial charge on any atom is 0.247 e. The molecule has 1 aromatic heterocycles. The van der Waals surface area contributed by atoms with Crippen LogP contribution in [-0.2, 0) is 18.4 Å². The van der Waals surface area contributed by atoms with Gasteiger partial charge in [-0.15, -0.1) is 0 Å². The van der Waals surface area contributed by atoms with Crippen molar-refractivity contribution in [3.05, 3.63) is 57.6 Å². The van der Waals surface area contributed by atoms with Crippen molar-refractivity contribution in [3.63, 3.8) is 0 Å². The van der Waals surface area contributed by atoms with E-state index in [0.717, 1.165) is 29.8 Å². The first kappa shape index (κ1) is 17.7. The third-order valence-electron chi connectivity index (χ3n) is 4.62. The minimum atomic E-state index is -0.381. The summed E-state index contributed by atoms with van der Waals surface area (Å²) in [7, 11) is 1.87. The van der Waals surface area contributed by atoms with Crippen LogP contribution < -0.4 is 0 Å². The van der Waals surface area contributed by atoms with Crippen LogP contribution >= 0.6 is 11.6 Å². The van der Waals surface area contributed by atoms with E-state index in [4.69, 9.17) is 11.6 Å². The van der Waals surface area contributed by atoms with Crippen molar-refractivity contribution in [2.75, 3.05) is 0 Å². The van der Waals surface area contributed by atoms with Crippen LogP contribution in [-0.4, -0.2) is 26.6 Å². The third kappa shape index (κ3) is 3.76. The molecule has 1 aliphatic rings. The van der Waals surface area contributed by atoms with Gasteiger partial charge in [0, 0.05) is 41.0 Å². The summed E-state index contributed by atoms with van der Waals surface area (Å²) in [6.07, 6.45) is 5.22. The minimum Gasteiger partial charge on any atom is -0.332 e. The van der Waals surface area contributed by atoms with E-state index in [1.807, 2.05) is 20.9 Å². The molecule has 1 saturated carbocycles. The number of hydrogen-bond acceptors (Lipinski definition) is 2. The molecule has 1 aromatic carbocycles. The molecule has 2 aromatic rings. The quantitative estimate of drug-likeness (QED) is 0.754. The summed E-state index contributed by atoms with van der Waals surface area (Å²) in [4.78, 5) is 14.4. The lowest BCUT2D eigenvalue weighted by atomic mass is 10.1. The van der Waals surface area contributed by atoms with E-state index in [2.05, 4.69) is 5.10 Å². The Hall–Kier alpha value is -2.14. The van der Waals surface area contributed by atoms with E-state index in [1.54, 1.807) is 33.9 Å². The smallest absolute Gasteiger partial charge is 0.247 e. The standard InChI is InChI=1S/C19H21ClFN3O/c1-12-15(13(2)23(3)22-12)9-10-19(25)24(14-7-8-14)11-16-17(20)5-4-6-18(16)21/h4-6,9-10,14H,7-8,11H2,1-3H3. The van der Waals surface area contributed by atoms with Gasteiger partial charge < -0.3 is 4.90 Å². The molecule has 0 saturated heterocycles. The van der Waals surface area contributed by atoms with Crippen molar-refractivity contribution in [2.45, 2.75) is 39.3 Å². The average Bonchev–Trinajstić information content (AvgIpc) is 3.35. The van der Waals surface area contributed by atoms with Crippen molar-refractivity contribution in [2.24, 2.45) is 7.05 Å². The maximum absolute atomic E-state index is 14.1. The number of amides is 1. The van der Waals surface area contributed by atoms with Gasteiger partial charge in [0.1, 0.15) is 5.82 Å². The van der Waals surface area contributed by atoms with Gasteiger partial charge in [-0.05, 0) is 44.9 Å². The monoisotopic (exact) mass is 361 g/mol. The predicted octanol–water partition coefficient (Wildman–Crippen LogP) is 4.03. The van der Waals surface area contributed by atoms with Crippen LogP contribution in [0.5, 0.6) is 0 Å². The topological polar surface area (TPSA) is 38.1 Å². The zero-order valence-corrected chi connectivity index (χ0v) is 15.3. The van der Waals surface area contributed by atoms with E-state index in [-0.39, 0.29) is 24.3 Å². The Labute approximate surface area is 151 Å². The van der Waals surface area contributed by atoms with Crippen molar-refractivity contribution in [1.82, 2.24) is 14.7 Å². The molecule has 0 N–H and O–H groups in total. The van der Waals surface area contributed by atoms with Crippen LogP contribution in [0, 0.1) is 19.7 Å². The van der Waals surface area contributed by atoms with E-state index in [0.29, 0.717) is 10.6 Å². The zero-order chi connectivity index (χ0) is 18.1. The van der Waals surface area contributed by atoms with Gasteiger partial charge >= 0.3 is 0 Å². The van der Waals surface area contributed by atoms with Crippen LogP contribution in [0.2, 0.25) is 5.02 Å². The van der Waals surface area contributed by atoms with Gasteiger partial charge in [0.2, 0.25) is 5.91 Å². The highest BCUT2D eigenvalue weighted by molar-refractivity contribution is 6.31. The van der Waals surface area contributed by atoms with Crippen LogP contribution in [0.3, 0.4) is 0 Å². The van der Waals surface area contributed by atoms with Crippen molar-refractivity contribution < 1.29 is 9.18 Å². The number of carbonyl (C=O) groups excluding carboxylic acids is 1. The second-order valence-corrected chi connectivity index (χ2v) is 6.85. The Balaban J connectivity index is 1.81. The fourth-order valence-electron chi connectivity index (χ4n) is 2.91. The van der Waals surface area contributed by atoms with E-state index in [1.165, 1.54) is 6.07 Å². The van der Waals surface area contributed by atoms with Gasteiger partial charge in [0.25, 0.3) is 0 Å². The lowest BCUT2D eigenvalue weighted by Gasteiger charge is -2.22. The molecule has 4 nitrogen and oxygen atoms in total. The molecule has 6 heteroatoms. The van der Waals surface area contributed by atoms with Crippen molar-refractivity contribution in [3.8, 4) is 0 Å². The molecule has 1 fully saturated rings. The first-order valence-electron chi connectivity index (χ1n) is 8.30. The number of aryl methyl sites for hydroxylation is 2. The third-order valence-corrected chi connectivity index (χ3v) is 4.97. The first-order chi connectivity index (χ1) is 11.9. The second kappa shape index (κ2) is 7.00. The number of rotatable bonds is 5. The highest BCUT2D eigenvalue weighted by Crippen LogP contribution is 2.31.